The zero-order valence-corrected chi connectivity index (χ0v) is 13.5. The molecule has 2 aromatic rings. The molecule has 0 saturated heterocycles. The molecule has 1 heterocycles. The van der Waals surface area contributed by atoms with Gasteiger partial charge in [0, 0.05) is 18.0 Å². The Bertz CT molecular complexity index is 749. The summed E-state index contributed by atoms with van der Waals surface area (Å²) < 4.78 is 6.80. The number of carbonyl (C=O) groups is 2. The van der Waals surface area contributed by atoms with Crippen LogP contribution < -0.4 is 20.4 Å². The van der Waals surface area contributed by atoms with E-state index < -0.39 is 11.9 Å². The van der Waals surface area contributed by atoms with Crippen molar-refractivity contribution in [3.63, 3.8) is 0 Å². The molecule has 7 heteroatoms. The van der Waals surface area contributed by atoms with Crippen LogP contribution in [0.2, 0.25) is 5.02 Å². The fourth-order valence-electron chi connectivity index (χ4n) is 2.03. The minimum Gasteiger partial charge on any atom is -0.495 e. The molecule has 0 fully saturated rings. The van der Waals surface area contributed by atoms with Gasteiger partial charge in [0.25, 0.3) is 11.8 Å². The first kappa shape index (κ1) is 16.8. The molecule has 1 atom stereocenters. The molecule has 1 aromatic carbocycles. The summed E-state index contributed by atoms with van der Waals surface area (Å²) >= 11 is 5.95. The molecule has 0 bridgehead atoms. The molecule has 0 saturated carbocycles. The number of methoxy groups -OCH3 is 1. The molecule has 0 spiro atoms. The van der Waals surface area contributed by atoms with Gasteiger partial charge in [-0.05, 0) is 24.3 Å². The molecule has 2 rings (SSSR count). The molecule has 3 N–H and O–H groups in total. The number of anilines is 1. The van der Waals surface area contributed by atoms with Gasteiger partial charge in [0.15, 0.2) is 12.4 Å². The minimum absolute atomic E-state index is 0.280. The van der Waals surface area contributed by atoms with Crippen LogP contribution in [0.15, 0.2) is 42.7 Å². The highest BCUT2D eigenvalue weighted by Gasteiger charge is 2.24. The molecular formula is C16H17ClN3O3+. The van der Waals surface area contributed by atoms with Crippen molar-refractivity contribution >= 4 is 29.1 Å². The van der Waals surface area contributed by atoms with Crippen molar-refractivity contribution in [2.24, 2.45) is 5.73 Å². The highest BCUT2D eigenvalue weighted by Crippen LogP contribution is 2.28. The zero-order valence-electron chi connectivity index (χ0n) is 12.7. The van der Waals surface area contributed by atoms with Crippen molar-refractivity contribution in [3.8, 4) is 5.75 Å². The van der Waals surface area contributed by atoms with E-state index in [1.165, 1.54) is 13.3 Å². The minimum atomic E-state index is -0.557. The van der Waals surface area contributed by atoms with E-state index in [1.54, 1.807) is 48.0 Å². The fourth-order valence-corrected chi connectivity index (χ4v) is 2.20. The predicted octanol–water partition coefficient (Wildman–Crippen LogP) is 1.93. The van der Waals surface area contributed by atoms with Gasteiger partial charge in [-0.15, -0.1) is 0 Å². The van der Waals surface area contributed by atoms with E-state index in [1.807, 2.05) is 0 Å². The molecule has 23 heavy (non-hydrogen) atoms. The Kier molecular flexibility index (Phi) is 5.18. The number of nitrogens with two attached hydrogens (primary N) is 1. The number of primary amides is 1. The summed E-state index contributed by atoms with van der Waals surface area (Å²) in [5, 5.41) is 3.25. The number of benzene rings is 1. The second kappa shape index (κ2) is 7.11. The van der Waals surface area contributed by atoms with Gasteiger partial charge in [-0.25, -0.2) is 0 Å². The third kappa shape index (κ3) is 3.98. The van der Waals surface area contributed by atoms with E-state index in [4.69, 9.17) is 22.1 Å². The van der Waals surface area contributed by atoms with Crippen LogP contribution in [-0.4, -0.2) is 18.9 Å². The van der Waals surface area contributed by atoms with Crippen LogP contribution >= 0.6 is 11.6 Å². The van der Waals surface area contributed by atoms with Crippen LogP contribution in [0.3, 0.4) is 0 Å². The number of pyridine rings is 1. The van der Waals surface area contributed by atoms with Gasteiger partial charge in [-0.3, -0.25) is 9.59 Å². The van der Waals surface area contributed by atoms with E-state index in [-0.39, 0.29) is 5.91 Å². The van der Waals surface area contributed by atoms with Crippen molar-refractivity contribution in [2.75, 3.05) is 12.4 Å². The Labute approximate surface area is 138 Å². The molecule has 6 nitrogen and oxygen atoms in total. The molecule has 0 radical (unpaired) electrons. The van der Waals surface area contributed by atoms with Gasteiger partial charge < -0.3 is 15.8 Å². The van der Waals surface area contributed by atoms with Crippen molar-refractivity contribution in [1.29, 1.82) is 0 Å². The predicted molar refractivity (Wildman–Crippen MR) is 86.5 cm³/mol. The van der Waals surface area contributed by atoms with E-state index >= 15 is 0 Å². The Morgan fingerprint density at radius 2 is 2.09 bits per heavy atom. The number of nitrogens with zero attached hydrogens (tertiary/aromatic N) is 1. The van der Waals surface area contributed by atoms with E-state index in [0.29, 0.717) is 22.0 Å². The first-order valence-electron chi connectivity index (χ1n) is 6.87. The Balaban J connectivity index is 2.22. The second-order valence-electron chi connectivity index (χ2n) is 4.91. The molecule has 0 aliphatic rings. The lowest BCUT2D eigenvalue weighted by molar-refractivity contribution is -0.705. The van der Waals surface area contributed by atoms with Gasteiger partial charge in [-0.2, -0.15) is 4.57 Å². The van der Waals surface area contributed by atoms with Crippen LogP contribution in [-0.2, 0) is 4.79 Å². The number of aromatic nitrogens is 1. The lowest BCUT2D eigenvalue weighted by atomic mass is 10.2. The zero-order chi connectivity index (χ0) is 17.0. The largest absolute Gasteiger partial charge is 0.495 e. The summed E-state index contributed by atoms with van der Waals surface area (Å²) in [6.07, 6.45) is 3.22. The molecule has 0 aliphatic carbocycles. The third-order valence-electron chi connectivity index (χ3n) is 3.35. The standard InChI is InChI=1S/C16H16ClN3O3/c1-10(20-7-3-4-11(9-20)15(18)21)16(22)19-13-8-12(17)5-6-14(13)23-2/h3-10H,1-2H3,(H2-,18,19,21,22)/p+1/t10-/m1/s1. The quantitative estimate of drug-likeness (QED) is 0.819. The van der Waals surface area contributed by atoms with E-state index in [9.17, 15) is 9.59 Å². The SMILES string of the molecule is COc1ccc(Cl)cc1NC(=O)[C@@H](C)[n+]1cccc(C(N)=O)c1. The maximum atomic E-state index is 12.4. The summed E-state index contributed by atoms with van der Waals surface area (Å²) in [4.78, 5) is 23.7. The van der Waals surface area contributed by atoms with E-state index in [0.717, 1.165) is 0 Å². The van der Waals surface area contributed by atoms with Gasteiger partial charge in [0.2, 0.25) is 6.04 Å². The van der Waals surface area contributed by atoms with Crippen LogP contribution in [0.4, 0.5) is 5.69 Å². The number of carbonyl (C=O) groups excluding carboxylic acids is 2. The van der Waals surface area contributed by atoms with Crippen LogP contribution in [0.5, 0.6) is 5.75 Å². The normalized spacial score (nSPS) is 11.6. The number of nitrogens with one attached hydrogen (secondary N) is 1. The number of hydrogen-bond acceptors (Lipinski definition) is 3. The Morgan fingerprint density at radius 3 is 2.74 bits per heavy atom. The number of ether oxygens (including phenoxy) is 1. The van der Waals surface area contributed by atoms with E-state index in [2.05, 4.69) is 5.32 Å². The highest BCUT2D eigenvalue weighted by molar-refractivity contribution is 6.31. The van der Waals surface area contributed by atoms with Gasteiger partial charge in [0.1, 0.15) is 11.3 Å². The first-order chi connectivity index (χ1) is 10.9. The summed E-state index contributed by atoms with van der Waals surface area (Å²) in [7, 11) is 1.51. The lowest BCUT2D eigenvalue weighted by Gasteiger charge is -2.12. The average Bonchev–Trinajstić information content (AvgIpc) is 2.54. The molecule has 120 valence electrons. The first-order valence-corrected chi connectivity index (χ1v) is 7.25. The fraction of sp³-hybridized carbons (Fsp3) is 0.188. The number of hydrogen-bond donors (Lipinski definition) is 2. The van der Waals surface area contributed by atoms with Gasteiger partial charge in [0.05, 0.1) is 12.8 Å². The molecule has 2 amide bonds. The topological polar surface area (TPSA) is 85.3 Å². The smallest absolute Gasteiger partial charge is 0.293 e. The van der Waals surface area contributed by atoms with Crippen LogP contribution in [0.25, 0.3) is 0 Å². The van der Waals surface area contributed by atoms with Gasteiger partial charge in [-0.1, -0.05) is 11.6 Å². The second-order valence-corrected chi connectivity index (χ2v) is 5.35. The van der Waals surface area contributed by atoms with Crippen molar-refractivity contribution in [3.05, 3.63) is 53.3 Å². The van der Waals surface area contributed by atoms with Crippen molar-refractivity contribution < 1.29 is 18.9 Å². The monoisotopic (exact) mass is 334 g/mol. The summed E-state index contributed by atoms with van der Waals surface area (Å²) in [5.41, 5.74) is 6.05. The van der Waals surface area contributed by atoms with Crippen LogP contribution in [0, 0.1) is 0 Å². The Hall–Kier alpha value is -2.60. The van der Waals surface area contributed by atoms with Crippen molar-refractivity contribution in [2.45, 2.75) is 13.0 Å². The average molecular weight is 335 g/mol. The molecular weight excluding hydrogens is 318 g/mol. The summed E-state index contributed by atoms with van der Waals surface area (Å²) in [6, 6.07) is 7.63. The molecule has 0 aliphatic heterocycles. The van der Waals surface area contributed by atoms with Crippen molar-refractivity contribution in [1.82, 2.24) is 0 Å². The molecule has 1 aromatic heterocycles. The number of amides is 2. The summed E-state index contributed by atoms with van der Waals surface area (Å²) in [6.45, 7) is 1.71. The van der Waals surface area contributed by atoms with Gasteiger partial charge >= 0.3 is 0 Å². The summed E-state index contributed by atoms with van der Waals surface area (Å²) in [5.74, 6) is -0.327. The maximum absolute atomic E-state index is 12.4. The third-order valence-corrected chi connectivity index (χ3v) is 3.59. The maximum Gasteiger partial charge on any atom is 0.293 e. The molecule has 0 unspecified atom stereocenters. The Morgan fingerprint density at radius 1 is 1.35 bits per heavy atom. The lowest BCUT2D eigenvalue weighted by Crippen LogP contribution is -2.44. The number of rotatable bonds is 5. The number of halogens is 1. The highest BCUT2D eigenvalue weighted by atomic mass is 35.5. The van der Waals surface area contributed by atoms with Crippen LogP contribution in [0.1, 0.15) is 23.3 Å².